The first kappa shape index (κ1) is 10.9. The fraction of sp³-hybridized carbons (Fsp3) is 0.455. The lowest BCUT2D eigenvalue weighted by molar-refractivity contribution is 0.0942. The largest absolute Gasteiger partial charge is 0.505 e. The average molecular weight is 222 g/mol. The standard InChI is InChI=1S/C11H14N2O3/c14-10-6-12-3-1-9(10)11(15)13-5-8-2-4-16-7-8/h1,3,6,8,14H,2,4-5,7H2,(H,13,15). The second kappa shape index (κ2) is 4.94. The first-order valence-corrected chi connectivity index (χ1v) is 5.26. The summed E-state index contributed by atoms with van der Waals surface area (Å²) < 4.78 is 5.21. The first-order valence-electron chi connectivity index (χ1n) is 5.26. The third-order valence-electron chi connectivity index (χ3n) is 2.62. The molecule has 0 radical (unpaired) electrons. The van der Waals surface area contributed by atoms with Gasteiger partial charge in [-0.3, -0.25) is 9.78 Å². The number of carbonyl (C=O) groups is 1. The van der Waals surface area contributed by atoms with Crippen LogP contribution in [0.4, 0.5) is 0 Å². The zero-order valence-corrected chi connectivity index (χ0v) is 8.85. The van der Waals surface area contributed by atoms with E-state index in [1.54, 1.807) is 0 Å². The Hall–Kier alpha value is -1.62. The van der Waals surface area contributed by atoms with Gasteiger partial charge in [0.15, 0.2) is 0 Å². The minimum absolute atomic E-state index is 0.0947. The molecule has 1 aliphatic heterocycles. The summed E-state index contributed by atoms with van der Waals surface area (Å²) in [5, 5.41) is 12.2. The summed E-state index contributed by atoms with van der Waals surface area (Å²) in [5.41, 5.74) is 0.258. The molecule has 1 aromatic rings. The Morgan fingerprint density at radius 3 is 3.25 bits per heavy atom. The van der Waals surface area contributed by atoms with Crippen molar-refractivity contribution in [1.29, 1.82) is 0 Å². The Bertz CT molecular complexity index is 375. The highest BCUT2D eigenvalue weighted by Gasteiger charge is 2.17. The third-order valence-corrected chi connectivity index (χ3v) is 2.62. The van der Waals surface area contributed by atoms with Gasteiger partial charge in [-0.1, -0.05) is 0 Å². The highest BCUT2D eigenvalue weighted by molar-refractivity contribution is 5.96. The maximum atomic E-state index is 11.7. The molecule has 5 heteroatoms. The predicted molar refractivity (Wildman–Crippen MR) is 57.2 cm³/mol. The quantitative estimate of drug-likeness (QED) is 0.783. The van der Waals surface area contributed by atoms with Crippen LogP contribution in [0.5, 0.6) is 5.75 Å². The molecule has 1 amide bonds. The molecular formula is C11H14N2O3. The number of ether oxygens (including phenoxy) is 1. The zero-order valence-electron chi connectivity index (χ0n) is 8.85. The molecule has 2 N–H and O–H groups in total. The van der Waals surface area contributed by atoms with Crippen molar-refractivity contribution in [3.05, 3.63) is 24.0 Å². The van der Waals surface area contributed by atoms with Crippen LogP contribution in [0, 0.1) is 5.92 Å². The van der Waals surface area contributed by atoms with E-state index in [-0.39, 0.29) is 17.2 Å². The molecule has 1 fully saturated rings. The Balaban J connectivity index is 1.90. The summed E-state index contributed by atoms with van der Waals surface area (Å²) in [6.07, 6.45) is 3.71. The van der Waals surface area contributed by atoms with Crippen molar-refractivity contribution in [2.45, 2.75) is 6.42 Å². The van der Waals surface area contributed by atoms with Crippen LogP contribution in [0.1, 0.15) is 16.8 Å². The number of nitrogens with zero attached hydrogens (tertiary/aromatic N) is 1. The zero-order chi connectivity index (χ0) is 11.4. The molecule has 0 aliphatic carbocycles. The molecule has 1 atom stereocenters. The number of carbonyl (C=O) groups excluding carboxylic acids is 1. The second-order valence-corrected chi connectivity index (χ2v) is 3.83. The molecule has 1 unspecified atom stereocenters. The SMILES string of the molecule is O=C(NCC1CCOC1)c1ccncc1O. The lowest BCUT2D eigenvalue weighted by atomic mass is 10.1. The van der Waals surface area contributed by atoms with E-state index in [0.29, 0.717) is 19.1 Å². The van der Waals surface area contributed by atoms with E-state index in [1.807, 2.05) is 0 Å². The molecular weight excluding hydrogens is 208 g/mol. The van der Waals surface area contributed by atoms with Crippen LogP contribution in [0.15, 0.2) is 18.5 Å². The number of aromatic nitrogens is 1. The van der Waals surface area contributed by atoms with Crippen LogP contribution in [0.3, 0.4) is 0 Å². The van der Waals surface area contributed by atoms with Gasteiger partial charge in [-0.2, -0.15) is 0 Å². The maximum absolute atomic E-state index is 11.7. The van der Waals surface area contributed by atoms with E-state index in [4.69, 9.17) is 4.74 Å². The Morgan fingerprint density at radius 1 is 1.69 bits per heavy atom. The lowest BCUT2D eigenvalue weighted by Crippen LogP contribution is -2.29. The number of hydrogen-bond acceptors (Lipinski definition) is 4. The van der Waals surface area contributed by atoms with Crippen LogP contribution in [0.25, 0.3) is 0 Å². The van der Waals surface area contributed by atoms with Crippen molar-refractivity contribution in [2.75, 3.05) is 19.8 Å². The van der Waals surface area contributed by atoms with Gasteiger partial charge in [0, 0.05) is 25.3 Å². The van der Waals surface area contributed by atoms with E-state index >= 15 is 0 Å². The predicted octanol–water partition coefficient (Wildman–Crippen LogP) is 0.553. The summed E-state index contributed by atoms with van der Waals surface area (Å²) in [6, 6.07) is 1.50. The first-order chi connectivity index (χ1) is 7.77. The summed E-state index contributed by atoms with van der Waals surface area (Å²) >= 11 is 0. The fourth-order valence-electron chi connectivity index (χ4n) is 1.65. The van der Waals surface area contributed by atoms with E-state index in [0.717, 1.165) is 13.0 Å². The lowest BCUT2D eigenvalue weighted by Gasteiger charge is -2.09. The number of rotatable bonds is 3. The van der Waals surface area contributed by atoms with E-state index in [2.05, 4.69) is 10.3 Å². The summed E-state index contributed by atoms with van der Waals surface area (Å²) in [6.45, 7) is 2.05. The van der Waals surface area contributed by atoms with Crippen molar-refractivity contribution in [2.24, 2.45) is 5.92 Å². The number of hydrogen-bond donors (Lipinski definition) is 2. The Labute approximate surface area is 93.5 Å². The molecule has 0 bridgehead atoms. The second-order valence-electron chi connectivity index (χ2n) is 3.83. The van der Waals surface area contributed by atoms with E-state index in [9.17, 15) is 9.90 Å². The Morgan fingerprint density at radius 2 is 2.56 bits per heavy atom. The van der Waals surface area contributed by atoms with Gasteiger partial charge in [0.2, 0.25) is 0 Å². The van der Waals surface area contributed by atoms with Gasteiger partial charge in [-0.15, -0.1) is 0 Å². The minimum Gasteiger partial charge on any atom is -0.505 e. The average Bonchev–Trinajstić information content (AvgIpc) is 2.79. The number of aromatic hydroxyl groups is 1. The monoisotopic (exact) mass is 222 g/mol. The van der Waals surface area contributed by atoms with Crippen molar-refractivity contribution in [1.82, 2.24) is 10.3 Å². The molecule has 86 valence electrons. The van der Waals surface area contributed by atoms with Gasteiger partial charge in [0.25, 0.3) is 5.91 Å². The van der Waals surface area contributed by atoms with Gasteiger partial charge in [-0.25, -0.2) is 0 Å². The summed E-state index contributed by atoms with van der Waals surface area (Å²) in [4.78, 5) is 15.4. The normalized spacial score (nSPS) is 19.6. The van der Waals surface area contributed by atoms with E-state index in [1.165, 1.54) is 18.5 Å². The molecule has 2 heterocycles. The molecule has 0 spiro atoms. The fourth-order valence-corrected chi connectivity index (χ4v) is 1.65. The smallest absolute Gasteiger partial charge is 0.255 e. The van der Waals surface area contributed by atoms with Crippen LogP contribution in [-0.4, -0.2) is 35.8 Å². The number of amides is 1. The van der Waals surface area contributed by atoms with Crippen molar-refractivity contribution in [3.8, 4) is 5.75 Å². The molecule has 0 aromatic carbocycles. The van der Waals surface area contributed by atoms with Gasteiger partial charge < -0.3 is 15.2 Å². The van der Waals surface area contributed by atoms with Gasteiger partial charge in [0.1, 0.15) is 5.75 Å². The van der Waals surface area contributed by atoms with Crippen molar-refractivity contribution in [3.63, 3.8) is 0 Å². The van der Waals surface area contributed by atoms with Crippen LogP contribution in [-0.2, 0) is 4.74 Å². The van der Waals surface area contributed by atoms with Crippen LogP contribution < -0.4 is 5.32 Å². The van der Waals surface area contributed by atoms with Crippen molar-refractivity contribution < 1.29 is 14.6 Å². The summed E-state index contributed by atoms with van der Waals surface area (Å²) in [5.74, 6) is 0.0161. The number of nitrogens with one attached hydrogen (secondary N) is 1. The topological polar surface area (TPSA) is 71.5 Å². The van der Waals surface area contributed by atoms with Crippen molar-refractivity contribution >= 4 is 5.91 Å². The molecule has 0 saturated carbocycles. The molecule has 16 heavy (non-hydrogen) atoms. The summed E-state index contributed by atoms with van der Waals surface area (Å²) in [7, 11) is 0. The van der Waals surface area contributed by atoms with Crippen LogP contribution >= 0.6 is 0 Å². The highest BCUT2D eigenvalue weighted by atomic mass is 16.5. The minimum atomic E-state index is -0.271. The number of pyridine rings is 1. The Kier molecular flexibility index (Phi) is 3.36. The van der Waals surface area contributed by atoms with Gasteiger partial charge in [0.05, 0.1) is 18.4 Å². The van der Waals surface area contributed by atoms with E-state index < -0.39 is 0 Å². The van der Waals surface area contributed by atoms with Gasteiger partial charge in [-0.05, 0) is 12.5 Å². The molecule has 2 rings (SSSR count). The maximum Gasteiger partial charge on any atom is 0.255 e. The molecule has 1 aliphatic rings. The van der Waals surface area contributed by atoms with Gasteiger partial charge >= 0.3 is 0 Å². The highest BCUT2D eigenvalue weighted by Crippen LogP contribution is 2.14. The molecule has 1 saturated heterocycles. The van der Waals surface area contributed by atoms with Crippen LogP contribution in [0.2, 0.25) is 0 Å². The molecule has 5 nitrogen and oxygen atoms in total. The molecule has 1 aromatic heterocycles. The third kappa shape index (κ3) is 2.49.